The lowest BCUT2D eigenvalue weighted by Crippen LogP contribution is -2.07. The van der Waals surface area contributed by atoms with Gasteiger partial charge in [0.05, 0.1) is 10.5 Å². The number of halogens is 1. The van der Waals surface area contributed by atoms with Crippen molar-refractivity contribution >= 4 is 17.7 Å². The molecule has 16 heavy (non-hydrogen) atoms. The molecule has 1 aromatic rings. The summed E-state index contributed by atoms with van der Waals surface area (Å²) >= 11 is 0. The number of benzene rings is 1. The van der Waals surface area contributed by atoms with Gasteiger partial charge in [-0.2, -0.15) is 4.39 Å². The Morgan fingerprint density at radius 2 is 2.25 bits per heavy atom. The molecule has 0 radical (unpaired) electrons. The van der Waals surface area contributed by atoms with Gasteiger partial charge < -0.3 is 5.73 Å². The van der Waals surface area contributed by atoms with Crippen LogP contribution in [0.25, 0.3) is 6.08 Å². The average molecular weight is 224 g/mol. The Labute approximate surface area is 90.5 Å². The lowest BCUT2D eigenvalue weighted by Gasteiger charge is -1.97. The monoisotopic (exact) mass is 224 g/mol. The van der Waals surface area contributed by atoms with E-state index in [1.807, 2.05) is 0 Å². The van der Waals surface area contributed by atoms with Gasteiger partial charge in [0, 0.05) is 6.42 Å². The average Bonchev–Trinajstić information content (AvgIpc) is 2.16. The highest BCUT2D eigenvalue weighted by molar-refractivity contribution is 5.77. The van der Waals surface area contributed by atoms with Gasteiger partial charge >= 0.3 is 5.69 Å². The Kier molecular flexibility index (Phi) is 3.71. The largest absolute Gasteiger partial charge is 0.369 e. The Morgan fingerprint density at radius 1 is 1.56 bits per heavy atom. The van der Waals surface area contributed by atoms with Crippen LogP contribution >= 0.6 is 0 Å². The standard InChI is InChI=1S/C10H9FN2O3/c11-8-5-1-3-7(10(8)13(15)16)4-2-6-9(12)14/h1-5H,6H2,(H2,12,14). The second-order valence-electron chi connectivity index (χ2n) is 3.01. The third-order valence-electron chi connectivity index (χ3n) is 1.82. The van der Waals surface area contributed by atoms with Gasteiger partial charge in [-0.25, -0.2) is 0 Å². The molecule has 0 fully saturated rings. The van der Waals surface area contributed by atoms with Gasteiger partial charge in [0.1, 0.15) is 0 Å². The Bertz CT molecular complexity index is 457. The molecule has 0 atom stereocenters. The van der Waals surface area contributed by atoms with Crippen LogP contribution in [0.1, 0.15) is 12.0 Å². The van der Waals surface area contributed by atoms with E-state index in [4.69, 9.17) is 5.73 Å². The molecule has 0 heterocycles. The summed E-state index contributed by atoms with van der Waals surface area (Å²) in [6.07, 6.45) is 2.60. The van der Waals surface area contributed by atoms with E-state index in [1.54, 1.807) is 0 Å². The van der Waals surface area contributed by atoms with Crippen molar-refractivity contribution in [3.63, 3.8) is 0 Å². The number of nitrogens with two attached hydrogens (primary N) is 1. The third kappa shape index (κ3) is 2.88. The van der Waals surface area contributed by atoms with E-state index in [1.165, 1.54) is 24.3 Å². The Balaban J connectivity index is 3.04. The molecule has 0 aliphatic carbocycles. The fourth-order valence-corrected chi connectivity index (χ4v) is 1.16. The van der Waals surface area contributed by atoms with Crippen LogP contribution in [0.3, 0.4) is 0 Å². The molecule has 0 saturated heterocycles. The van der Waals surface area contributed by atoms with Crippen molar-refractivity contribution in [3.8, 4) is 0 Å². The maximum Gasteiger partial charge on any atom is 0.311 e. The second kappa shape index (κ2) is 5.01. The topological polar surface area (TPSA) is 86.2 Å². The highest BCUT2D eigenvalue weighted by atomic mass is 19.1. The number of hydrogen-bond donors (Lipinski definition) is 1. The number of rotatable bonds is 4. The molecule has 1 amide bonds. The maximum absolute atomic E-state index is 13.1. The molecule has 84 valence electrons. The number of para-hydroxylation sites is 1. The zero-order valence-electron chi connectivity index (χ0n) is 8.22. The predicted octanol–water partition coefficient (Wildman–Crippen LogP) is 1.62. The van der Waals surface area contributed by atoms with E-state index in [-0.39, 0.29) is 12.0 Å². The van der Waals surface area contributed by atoms with E-state index in [0.29, 0.717) is 0 Å². The number of nitrogens with zero attached hydrogens (tertiary/aromatic N) is 1. The van der Waals surface area contributed by atoms with Crippen LogP contribution in [0.4, 0.5) is 10.1 Å². The van der Waals surface area contributed by atoms with Gasteiger partial charge in [0.25, 0.3) is 0 Å². The molecule has 0 aliphatic heterocycles. The Morgan fingerprint density at radius 3 is 2.81 bits per heavy atom. The van der Waals surface area contributed by atoms with Crippen molar-refractivity contribution in [2.75, 3.05) is 0 Å². The van der Waals surface area contributed by atoms with Crippen LogP contribution in [0, 0.1) is 15.9 Å². The molecular weight excluding hydrogens is 215 g/mol. The first-order valence-corrected chi connectivity index (χ1v) is 4.40. The number of carbonyl (C=O) groups excluding carboxylic acids is 1. The fourth-order valence-electron chi connectivity index (χ4n) is 1.16. The summed E-state index contributed by atoms with van der Waals surface area (Å²) in [7, 11) is 0. The third-order valence-corrected chi connectivity index (χ3v) is 1.82. The van der Waals surface area contributed by atoms with Gasteiger partial charge in [-0.3, -0.25) is 14.9 Å². The van der Waals surface area contributed by atoms with Gasteiger partial charge in [-0.15, -0.1) is 0 Å². The number of hydrogen-bond acceptors (Lipinski definition) is 3. The first kappa shape index (κ1) is 11.8. The summed E-state index contributed by atoms with van der Waals surface area (Å²) in [6, 6.07) is 3.74. The van der Waals surface area contributed by atoms with Crippen molar-refractivity contribution in [2.24, 2.45) is 5.73 Å². The molecule has 0 bridgehead atoms. The number of nitro groups is 1. The number of carbonyl (C=O) groups is 1. The molecule has 0 unspecified atom stereocenters. The van der Waals surface area contributed by atoms with Gasteiger partial charge in [0.15, 0.2) is 0 Å². The minimum atomic E-state index is -0.911. The molecule has 1 aromatic carbocycles. The van der Waals surface area contributed by atoms with E-state index in [2.05, 4.69) is 0 Å². The summed E-state index contributed by atoms with van der Waals surface area (Å²) < 4.78 is 13.1. The predicted molar refractivity (Wildman–Crippen MR) is 55.9 cm³/mol. The molecule has 0 spiro atoms. The van der Waals surface area contributed by atoms with Crippen molar-refractivity contribution in [1.29, 1.82) is 0 Å². The lowest BCUT2D eigenvalue weighted by atomic mass is 10.1. The van der Waals surface area contributed by atoms with Crippen molar-refractivity contribution in [2.45, 2.75) is 6.42 Å². The highest BCUT2D eigenvalue weighted by Crippen LogP contribution is 2.23. The van der Waals surface area contributed by atoms with Crippen LogP contribution in [0.2, 0.25) is 0 Å². The molecule has 1 rings (SSSR count). The van der Waals surface area contributed by atoms with Crippen LogP contribution in [-0.2, 0) is 4.79 Å². The quantitative estimate of drug-likeness (QED) is 0.622. The van der Waals surface area contributed by atoms with Crippen molar-refractivity contribution in [3.05, 3.63) is 45.8 Å². The SMILES string of the molecule is NC(=O)CC=Cc1cccc(F)c1[N+](=O)[O-]. The zero-order chi connectivity index (χ0) is 12.1. The summed E-state index contributed by atoms with van der Waals surface area (Å²) in [5.41, 5.74) is 4.38. The van der Waals surface area contributed by atoms with Crippen LogP contribution < -0.4 is 5.73 Å². The second-order valence-corrected chi connectivity index (χ2v) is 3.01. The van der Waals surface area contributed by atoms with Gasteiger partial charge in [0.2, 0.25) is 11.7 Å². The first-order valence-electron chi connectivity index (χ1n) is 4.40. The van der Waals surface area contributed by atoms with E-state index >= 15 is 0 Å². The molecular formula is C10H9FN2O3. The van der Waals surface area contributed by atoms with Gasteiger partial charge in [-0.1, -0.05) is 18.2 Å². The number of amides is 1. The molecule has 0 saturated carbocycles. The summed E-state index contributed by atoms with van der Waals surface area (Å²) in [5.74, 6) is -1.47. The van der Waals surface area contributed by atoms with E-state index in [0.717, 1.165) is 6.07 Å². The van der Waals surface area contributed by atoms with E-state index in [9.17, 15) is 19.3 Å². The van der Waals surface area contributed by atoms with Crippen LogP contribution in [-0.4, -0.2) is 10.8 Å². The number of nitro benzene ring substituents is 1. The lowest BCUT2D eigenvalue weighted by molar-refractivity contribution is -0.387. The molecule has 0 aromatic heterocycles. The van der Waals surface area contributed by atoms with Crippen LogP contribution in [0.15, 0.2) is 24.3 Å². The maximum atomic E-state index is 13.1. The minimum Gasteiger partial charge on any atom is -0.369 e. The first-order chi connectivity index (χ1) is 7.52. The van der Waals surface area contributed by atoms with Crippen LogP contribution in [0.5, 0.6) is 0 Å². The Hall–Kier alpha value is -2.24. The smallest absolute Gasteiger partial charge is 0.311 e. The summed E-state index contributed by atoms with van der Waals surface area (Å²) in [4.78, 5) is 20.2. The molecule has 6 heteroatoms. The minimum absolute atomic E-state index is 0.0479. The van der Waals surface area contributed by atoms with Crippen molar-refractivity contribution in [1.82, 2.24) is 0 Å². The summed E-state index contributed by atoms with van der Waals surface area (Å²) in [5, 5.41) is 10.6. The normalized spacial score (nSPS) is 10.6. The molecule has 5 nitrogen and oxygen atoms in total. The molecule has 0 aliphatic rings. The zero-order valence-corrected chi connectivity index (χ0v) is 8.22. The number of primary amides is 1. The highest BCUT2D eigenvalue weighted by Gasteiger charge is 2.17. The molecule has 2 N–H and O–H groups in total. The van der Waals surface area contributed by atoms with E-state index < -0.39 is 22.3 Å². The summed E-state index contributed by atoms with van der Waals surface area (Å²) in [6.45, 7) is 0. The fraction of sp³-hybridized carbons (Fsp3) is 0.100. The van der Waals surface area contributed by atoms with Crippen molar-refractivity contribution < 1.29 is 14.1 Å². The van der Waals surface area contributed by atoms with Gasteiger partial charge in [-0.05, 0) is 12.1 Å².